The van der Waals surface area contributed by atoms with Crippen LogP contribution in [0.5, 0.6) is 0 Å². The molecule has 0 aromatic heterocycles. The largest absolute Gasteiger partial charge is 0.350 e. The van der Waals surface area contributed by atoms with Gasteiger partial charge in [0, 0.05) is 34.1 Å². The Morgan fingerprint density at radius 2 is 1.36 bits per heavy atom. The molecular formula is C34H43Br3N8O2. The zero-order valence-corrected chi connectivity index (χ0v) is 31.6. The van der Waals surface area contributed by atoms with E-state index in [-0.39, 0.29) is 36.0 Å². The minimum Gasteiger partial charge on any atom is -0.350 e. The number of halogens is 3. The van der Waals surface area contributed by atoms with Crippen molar-refractivity contribution < 1.29 is 9.59 Å². The summed E-state index contributed by atoms with van der Waals surface area (Å²) >= 11 is 9.98. The van der Waals surface area contributed by atoms with Gasteiger partial charge in [0.1, 0.15) is 0 Å². The highest BCUT2D eigenvalue weighted by Crippen LogP contribution is 2.37. The Hall–Kier alpha value is -2.68. The maximum Gasteiger partial charge on any atom is 0.234 e. The summed E-state index contributed by atoms with van der Waals surface area (Å²) in [6.07, 6.45) is 10.5. The lowest BCUT2D eigenvalue weighted by Gasteiger charge is -2.23. The molecule has 0 saturated carbocycles. The van der Waals surface area contributed by atoms with Crippen LogP contribution in [0.2, 0.25) is 0 Å². The zero-order valence-electron chi connectivity index (χ0n) is 26.8. The Morgan fingerprint density at radius 1 is 0.851 bits per heavy atom. The standard InChI is InChI=1S/C17H21BrN4O.C9H12BrN3O.C8H10BrN/c1-21(9-12-3-2-4-13(18)7-12)10-17(23)20-15-8-14-5-6-16(15)22(14)11-19;10-4-9(14)12-7-3-6-1-2-8(7)13(6)5-11;1-10-6-7-3-2-4-8(9)5-7/h2-4,7,14-16H,5-6,8-10H2,1H3,(H,20,23);6-8H,1-4H2,(H,12,14);2-5,10H,6H2,1H3. The summed E-state index contributed by atoms with van der Waals surface area (Å²) in [5.41, 5.74) is 2.47. The van der Waals surface area contributed by atoms with E-state index in [1.807, 2.05) is 53.1 Å². The Balaban J connectivity index is 0.000000177. The van der Waals surface area contributed by atoms with E-state index in [0.29, 0.717) is 24.0 Å². The van der Waals surface area contributed by atoms with Gasteiger partial charge in [-0.1, -0.05) is 72.1 Å². The molecule has 4 fully saturated rings. The number of amides is 2. The highest BCUT2D eigenvalue weighted by Gasteiger charge is 2.47. The van der Waals surface area contributed by atoms with Crippen LogP contribution in [0.3, 0.4) is 0 Å². The second-order valence-corrected chi connectivity index (χ2v) is 14.9. The van der Waals surface area contributed by atoms with Crippen LogP contribution in [-0.2, 0) is 22.7 Å². The van der Waals surface area contributed by atoms with Crippen LogP contribution in [-0.4, -0.2) is 88.7 Å². The number of carbonyl (C=O) groups excluding carboxylic acids is 2. The van der Waals surface area contributed by atoms with Crippen molar-refractivity contribution in [3.63, 3.8) is 0 Å². The Bertz CT molecular complexity index is 1450. The molecule has 4 bridgehead atoms. The summed E-state index contributed by atoms with van der Waals surface area (Å²) in [6, 6.07) is 17.8. The summed E-state index contributed by atoms with van der Waals surface area (Å²) < 4.78 is 2.19. The summed E-state index contributed by atoms with van der Waals surface area (Å²) in [5, 5.41) is 27.6. The second kappa shape index (κ2) is 18.2. The van der Waals surface area contributed by atoms with Gasteiger partial charge in [-0.3, -0.25) is 14.5 Å². The monoisotopic (exact) mass is 832 g/mol. The fourth-order valence-corrected chi connectivity index (χ4v) is 8.25. The van der Waals surface area contributed by atoms with Gasteiger partial charge in [0.15, 0.2) is 12.4 Å². The van der Waals surface area contributed by atoms with Crippen LogP contribution in [0.25, 0.3) is 0 Å². The lowest BCUT2D eigenvalue weighted by molar-refractivity contribution is -0.123. The van der Waals surface area contributed by atoms with Crippen molar-refractivity contribution >= 4 is 59.6 Å². The van der Waals surface area contributed by atoms with Gasteiger partial charge >= 0.3 is 0 Å². The maximum atomic E-state index is 12.3. The van der Waals surface area contributed by atoms with Gasteiger partial charge in [0.05, 0.1) is 36.0 Å². The normalized spacial score (nSPS) is 24.9. The highest BCUT2D eigenvalue weighted by molar-refractivity contribution is 9.10. The molecule has 2 amide bonds. The Kier molecular flexibility index (Phi) is 14.4. The number of rotatable bonds is 9. The third-order valence-corrected chi connectivity index (χ3v) is 10.6. The molecule has 3 N–H and O–H groups in total. The first-order chi connectivity index (χ1) is 22.6. The van der Waals surface area contributed by atoms with E-state index >= 15 is 0 Å². The maximum absolute atomic E-state index is 12.3. The number of fused-ring (bicyclic) bond motifs is 4. The summed E-state index contributed by atoms with van der Waals surface area (Å²) in [6.45, 7) is 2.03. The average molecular weight is 835 g/mol. The molecule has 4 aliphatic rings. The lowest BCUT2D eigenvalue weighted by Crippen LogP contribution is -2.46. The van der Waals surface area contributed by atoms with E-state index in [4.69, 9.17) is 5.26 Å². The van der Waals surface area contributed by atoms with E-state index in [0.717, 1.165) is 60.6 Å². The second-order valence-electron chi connectivity index (χ2n) is 12.5. The van der Waals surface area contributed by atoms with Crippen LogP contribution < -0.4 is 16.0 Å². The van der Waals surface area contributed by atoms with Crippen molar-refractivity contribution in [2.75, 3.05) is 26.0 Å². The van der Waals surface area contributed by atoms with Gasteiger partial charge in [-0.25, -0.2) is 0 Å². The topological polar surface area (TPSA) is 128 Å². The first-order valence-corrected chi connectivity index (χ1v) is 18.7. The van der Waals surface area contributed by atoms with Crippen molar-refractivity contribution in [1.29, 1.82) is 10.5 Å². The zero-order chi connectivity index (χ0) is 33.9. The Labute approximate surface area is 303 Å². The highest BCUT2D eigenvalue weighted by atomic mass is 79.9. The van der Waals surface area contributed by atoms with Gasteiger partial charge in [0.2, 0.25) is 11.8 Å². The van der Waals surface area contributed by atoms with E-state index < -0.39 is 0 Å². The van der Waals surface area contributed by atoms with Crippen molar-refractivity contribution in [2.24, 2.45) is 0 Å². The van der Waals surface area contributed by atoms with Crippen LogP contribution in [0.4, 0.5) is 0 Å². The number of benzene rings is 2. The van der Waals surface area contributed by atoms with Gasteiger partial charge in [-0.15, -0.1) is 0 Å². The Morgan fingerprint density at radius 3 is 1.83 bits per heavy atom. The number of carbonyl (C=O) groups is 2. The SMILES string of the molecule is CN(CC(=O)NC1CC2CCC1N2C#N)Cc1cccc(Br)c1.CNCc1cccc(Br)c1.N#CN1C2CCC1C(NC(=O)CBr)C2. The first-order valence-electron chi connectivity index (χ1n) is 16.0. The molecule has 47 heavy (non-hydrogen) atoms. The molecule has 4 aliphatic heterocycles. The first kappa shape index (κ1) is 37.1. The van der Waals surface area contributed by atoms with E-state index in [1.165, 1.54) is 11.1 Å². The predicted octanol–water partition coefficient (Wildman–Crippen LogP) is 4.84. The molecule has 6 atom stereocenters. The van der Waals surface area contributed by atoms with Crippen molar-refractivity contribution in [3.05, 3.63) is 68.6 Å². The third-order valence-electron chi connectivity index (χ3n) is 9.14. The molecule has 0 spiro atoms. The van der Waals surface area contributed by atoms with E-state index in [1.54, 1.807) is 0 Å². The minimum atomic E-state index is 0.0143. The fourth-order valence-electron chi connectivity index (χ4n) is 7.20. The van der Waals surface area contributed by atoms with Crippen LogP contribution >= 0.6 is 47.8 Å². The predicted molar refractivity (Wildman–Crippen MR) is 193 cm³/mol. The van der Waals surface area contributed by atoms with Crippen molar-refractivity contribution in [3.8, 4) is 12.4 Å². The number of alkyl halides is 1. The van der Waals surface area contributed by atoms with Gasteiger partial charge in [-0.2, -0.15) is 10.5 Å². The molecule has 2 aromatic rings. The van der Waals surface area contributed by atoms with E-state index in [9.17, 15) is 14.9 Å². The fraction of sp³-hybridized carbons (Fsp3) is 0.529. The summed E-state index contributed by atoms with van der Waals surface area (Å²) in [7, 11) is 3.89. The van der Waals surface area contributed by atoms with Crippen molar-refractivity contribution in [1.82, 2.24) is 30.7 Å². The minimum absolute atomic E-state index is 0.0143. The molecule has 13 heteroatoms. The van der Waals surface area contributed by atoms with Crippen LogP contribution in [0, 0.1) is 22.9 Å². The molecule has 6 unspecified atom stereocenters. The molecular weight excluding hydrogens is 792 g/mol. The summed E-state index contributed by atoms with van der Waals surface area (Å²) in [4.78, 5) is 29.2. The number of hydrogen-bond donors (Lipinski definition) is 3. The molecule has 0 radical (unpaired) electrons. The van der Waals surface area contributed by atoms with E-state index in [2.05, 4.69) is 100 Å². The van der Waals surface area contributed by atoms with Gasteiger partial charge < -0.3 is 25.8 Å². The molecule has 252 valence electrons. The molecule has 4 heterocycles. The molecule has 4 saturated heterocycles. The molecule has 6 rings (SSSR count). The number of likely N-dealkylation sites (N-methyl/N-ethyl adjacent to an activating group) is 1. The number of nitrogens with one attached hydrogen (secondary N) is 3. The number of hydrogen-bond acceptors (Lipinski definition) is 8. The lowest BCUT2D eigenvalue weighted by atomic mass is 9.95. The van der Waals surface area contributed by atoms with Gasteiger partial charge in [-0.05, 0) is 88.0 Å². The molecule has 2 aromatic carbocycles. The van der Waals surface area contributed by atoms with Crippen LogP contribution in [0.15, 0.2) is 57.5 Å². The third kappa shape index (κ3) is 10.4. The van der Waals surface area contributed by atoms with Crippen LogP contribution in [0.1, 0.15) is 49.7 Å². The molecule has 0 aliphatic carbocycles. The average Bonchev–Trinajstić information content (AvgIpc) is 3.80. The number of nitrogens with zero attached hydrogens (tertiary/aromatic N) is 5. The van der Waals surface area contributed by atoms with Crippen molar-refractivity contribution in [2.45, 2.75) is 87.9 Å². The molecule has 10 nitrogen and oxygen atoms in total. The number of nitriles is 2. The summed E-state index contributed by atoms with van der Waals surface area (Å²) in [5.74, 6) is 0.0541. The smallest absolute Gasteiger partial charge is 0.234 e. The van der Waals surface area contributed by atoms with Gasteiger partial charge in [0.25, 0.3) is 0 Å². The quantitative estimate of drug-likeness (QED) is 0.242.